The fourth-order valence-electron chi connectivity index (χ4n) is 4.05. The molecule has 1 saturated heterocycles. The number of allylic oxidation sites excluding steroid dienone is 2. The van der Waals surface area contributed by atoms with Crippen LogP contribution in [-0.2, 0) is 4.79 Å². The number of aromatic nitrogens is 4. The number of aromatic amines is 1. The molecule has 4 rings (SSSR count). The molecule has 7 nitrogen and oxygen atoms in total. The van der Waals surface area contributed by atoms with E-state index in [1.165, 1.54) is 0 Å². The molecule has 1 aliphatic carbocycles. The average molecular weight is 366 g/mol. The van der Waals surface area contributed by atoms with E-state index in [4.69, 9.17) is 0 Å². The Morgan fingerprint density at radius 2 is 2.19 bits per heavy atom. The molecular formula is C20H26N6O. The lowest BCUT2D eigenvalue weighted by Crippen LogP contribution is -2.36. The Hall–Kier alpha value is -2.70. The third kappa shape index (κ3) is 3.46. The highest BCUT2D eigenvalue weighted by Crippen LogP contribution is 2.38. The first-order chi connectivity index (χ1) is 13.1. The van der Waals surface area contributed by atoms with Crippen LogP contribution in [0.15, 0.2) is 30.6 Å². The highest BCUT2D eigenvalue weighted by atomic mass is 16.2. The van der Waals surface area contributed by atoms with Gasteiger partial charge >= 0.3 is 0 Å². The van der Waals surface area contributed by atoms with Gasteiger partial charge in [-0.3, -0.25) is 9.89 Å². The first-order valence-corrected chi connectivity index (χ1v) is 9.64. The fraction of sp³-hybridized carbons (Fsp3) is 0.500. The van der Waals surface area contributed by atoms with E-state index >= 15 is 0 Å². The largest absolute Gasteiger partial charge is 0.347 e. The second-order valence-corrected chi connectivity index (χ2v) is 7.50. The minimum atomic E-state index is 0.0404. The van der Waals surface area contributed by atoms with E-state index in [2.05, 4.69) is 37.2 Å². The second kappa shape index (κ2) is 7.50. The van der Waals surface area contributed by atoms with Gasteiger partial charge in [-0.1, -0.05) is 12.2 Å². The highest BCUT2D eigenvalue weighted by molar-refractivity contribution is 5.80. The Bertz CT molecular complexity index is 843. The summed E-state index contributed by atoms with van der Waals surface area (Å²) in [6.45, 7) is 0.814. The maximum atomic E-state index is 13.1. The zero-order chi connectivity index (χ0) is 18.8. The predicted molar refractivity (Wildman–Crippen MR) is 104 cm³/mol. The van der Waals surface area contributed by atoms with Crippen LogP contribution >= 0.6 is 0 Å². The van der Waals surface area contributed by atoms with Gasteiger partial charge in [0, 0.05) is 38.3 Å². The Morgan fingerprint density at radius 3 is 2.96 bits per heavy atom. The molecule has 0 radical (unpaired) electrons. The molecule has 142 valence electrons. The standard InChI is InChI=1S/C20H26N6O/c1-25(2)20-21-11-10-16(23-20)15-13-22-24-18(15)17-9-6-12-26(17)19(27)14-7-4-3-5-8-14/h3-4,10-11,13-14,17H,5-9,12H2,1-2H3,(H,22,24)/t14-,17-/m0/s1. The van der Waals surface area contributed by atoms with Crippen LogP contribution in [0.4, 0.5) is 5.95 Å². The molecule has 7 heteroatoms. The summed E-state index contributed by atoms with van der Waals surface area (Å²) in [5.74, 6) is 1.05. The molecule has 0 saturated carbocycles. The molecule has 1 fully saturated rings. The minimum Gasteiger partial charge on any atom is -0.347 e. The Morgan fingerprint density at radius 1 is 1.30 bits per heavy atom. The molecule has 1 aliphatic heterocycles. The lowest BCUT2D eigenvalue weighted by atomic mass is 9.92. The summed E-state index contributed by atoms with van der Waals surface area (Å²) in [5, 5.41) is 7.43. The van der Waals surface area contributed by atoms with Crippen molar-refractivity contribution in [3.05, 3.63) is 36.3 Å². The van der Waals surface area contributed by atoms with Crippen molar-refractivity contribution in [1.82, 2.24) is 25.1 Å². The molecule has 3 heterocycles. The topological polar surface area (TPSA) is 78.0 Å². The number of anilines is 1. The molecule has 2 atom stereocenters. The summed E-state index contributed by atoms with van der Waals surface area (Å²) in [5.41, 5.74) is 2.77. The van der Waals surface area contributed by atoms with Gasteiger partial charge in [0.1, 0.15) is 0 Å². The number of likely N-dealkylation sites (tertiary alicyclic amines) is 1. The number of nitrogens with one attached hydrogen (secondary N) is 1. The van der Waals surface area contributed by atoms with Crippen LogP contribution in [0.5, 0.6) is 0 Å². The van der Waals surface area contributed by atoms with Crippen molar-refractivity contribution in [3.63, 3.8) is 0 Å². The number of hydrogen-bond acceptors (Lipinski definition) is 5. The van der Waals surface area contributed by atoms with Gasteiger partial charge in [0.25, 0.3) is 0 Å². The normalized spacial score (nSPS) is 22.2. The van der Waals surface area contributed by atoms with Gasteiger partial charge in [0.2, 0.25) is 11.9 Å². The van der Waals surface area contributed by atoms with E-state index < -0.39 is 0 Å². The lowest BCUT2D eigenvalue weighted by Gasteiger charge is -2.29. The lowest BCUT2D eigenvalue weighted by molar-refractivity contribution is -0.136. The van der Waals surface area contributed by atoms with E-state index in [9.17, 15) is 4.79 Å². The van der Waals surface area contributed by atoms with Crippen molar-refractivity contribution in [3.8, 4) is 11.3 Å². The smallest absolute Gasteiger partial charge is 0.226 e. The van der Waals surface area contributed by atoms with Crippen molar-refractivity contribution in [2.75, 3.05) is 25.5 Å². The number of carbonyl (C=O) groups is 1. The number of rotatable bonds is 4. The van der Waals surface area contributed by atoms with Crippen LogP contribution in [0.25, 0.3) is 11.3 Å². The average Bonchev–Trinajstić information content (AvgIpc) is 3.37. The third-order valence-electron chi connectivity index (χ3n) is 5.48. The summed E-state index contributed by atoms with van der Waals surface area (Å²) in [6.07, 6.45) is 12.7. The van der Waals surface area contributed by atoms with Crippen LogP contribution in [0, 0.1) is 5.92 Å². The second-order valence-electron chi connectivity index (χ2n) is 7.50. The molecule has 0 aromatic carbocycles. The summed E-state index contributed by atoms with van der Waals surface area (Å²) < 4.78 is 0. The van der Waals surface area contributed by atoms with Crippen LogP contribution in [0.1, 0.15) is 43.8 Å². The van der Waals surface area contributed by atoms with Crippen molar-refractivity contribution in [2.45, 2.75) is 38.1 Å². The number of nitrogens with zero attached hydrogens (tertiary/aromatic N) is 5. The van der Waals surface area contributed by atoms with Gasteiger partial charge < -0.3 is 9.80 Å². The van der Waals surface area contributed by atoms with Gasteiger partial charge in [-0.15, -0.1) is 0 Å². The first kappa shape index (κ1) is 17.7. The molecule has 2 aromatic rings. The fourth-order valence-corrected chi connectivity index (χ4v) is 4.05. The first-order valence-electron chi connectivity index (χ1n) is 9.64. The molecule has 2 aromatic heterocycles. The number of amides is 1. The van der Waals surface area contributed by atoms with Gasteiger partial charge in [0.05, 0.1) is 23.6 Å². The van der Waals surface area contributed by atoms with E-state index in [1.807, 2.05) is 25.1 Å². The van der Waals surface area contributed by atoms with Crippen LogP contribution in [0.2, 0.25) is 0 Å². The Balaban J connectivity index is 1.62. The van der Waals surface area contributed by atoms with Crippen LogP contribution in [-0.4, -0.2) is 51.6 Å². The predicted octanol–water partition coefficient (Wildman–Crippen LogP) is 2.95. The molecule has 0 bridgehead atoms. The van der Waals surface area contributed by atoms with Crippen molar-refractivity contribution in [1.29, 1.82) is 0 Å². The molecule has 1 amide bonds. The maximum Gasteiger partial charge on any atom is 0.226 e. The molecule has 0 spiro atoms. The number of H-pyrrole nitrogens is 1. The minimum absolute atomic E-state index is 0.0404. The van der Waals surface area contributed by atoms with Crippen molar-refractivity contribution < 1.29 is 4.79 Å². The van der Waals surface area contributed by atoms with Gasteiger partial charge in [-0.05, 0) is 38.2 Å². The molecule has 1 N–H and O–H groups in total. The zero-order valence-electron chi connectivity index (χ0n) is 15.9. The third-order valence-corrected chi connectivity index (χ3v) is 5.48. The van der Waals surface area contributed by atoms with Gasteiger partial charge in [-0.2, -0.15) is 5.10 Å². The van der Waals surface area contributed by atoms with E-state index in [0.29, 0.717) is 5.95 Å². The maximum absolute atomic E-state index is 13.1. The summed E-state index contributed by atoms with van der Waals surface area (Å²) in [6, 6.07) is 1.94. The van der Waals surface area contributed by atoms with Crippen molar-refractivity contribution in [2.24, 2.45) is 5.92 Å². The molecular weight excluding hydrogens is 340 g/mol. The van der Waals surface area contributed by atoms with Crippen LogP contribution in [0.3, 0.4) is 0 Å². The van der Waals surface area contributed by atoms with Gasteiger partial charge in [-0.25, -0.2) is 9.97 Å². The van der Waals surface area contributed by atoms with E-state index in [0.717, 1.165) is 55.6 Å². The van der Waals surface area contributed by atoms with Crippen LogP contribution < -0.4 is 4.90 Å². The summed E-state index contributed by atoms with van der Waals surface area (Å²) >= 11 is 0. The van der Waals surface area contributed by atoms with Gasteiger partial charge in [0.15, 0.2) is 0 Å². The van der Waals surface area contributed by atoms with Crippen molar-refractivity contribution >= 4 is 11.9 Å². The van der Waals surface area contributed by atoms with E-state index in [-0.39, 0.29) is 17.9 Å². The zero-order valence-corrected chi connectivity index (χ0v) is 15.9. The number of hydrogen-bond donors (Lipinski definition) is 1. The Labute approximate surface area is 159 Å². The monoisotopic (exact) mass is 366 g/mol. The van der Waals surface area contributed by atoms with E-state index in [1.54, 1.807) is 12.4 Å². The molecule has 2 aliphatic rings. The number of carbonyl (C=O) groups excluding carboxylic acids is 1. The Kier molecular flexibility index (Phi) is 4.92. The quantitative estimate of drug-likeness (QED) is 0.842. The summed E-state index contributed by atoms with van der Waals surface area (Å²) in [4.78, 5) is 26.0. The molecule has 0 unspecified atom stereocenters. The molecule has 27 heavy (non-hydrogen) atoms. The summed E-state index contributed by atoms with van der Waals surface area (Å²) in [7, 11) is 3.84. The SMILES string of the molecule is CN(C)c1nccc(-c2cn[nH]c2[C@@H]2CCCN2C(=O)[C@H]2CC=CCC2)n1. The highest BCUT2D eigenvalue weighted by Gasteiger charge is 2.36.